The van der Waals surface area contributed by atoms with E-state index in [4.69, 9.17) is 4.74 Å². The first-order chi connectivity index (χ1) is 11.7. The molecule has 0 spiro atoms. The lowest BCUT2D eigenvalue weighted by molar-refractivity contribution is 0.0140. The number of piperazine rings is 1. The molecule has 0 radical (unpaired) electrons. The molecule has 0 atom stereocenters. The first-order valence-corrected chi connectivity index (χ1v) is 8.29. The number of nitrogens with zero attached hydrogens (tertiary/aromatic N) is 2. The zero-order valence-electron chi connectivity index (χ0n) is 14.6. The molecule has 1 aromatic carbocycles. The minimum absolute atomic E-state index is 0.195. The van der Waals surface area contributed by atoms with Gasteiger partial charge in [-0.25, -0.2) is 9.18 Å². The van der Waals surface area contributed by atoms with Crippen molar-refractivity contribution in [3.05, 3.63) is 35.8 Å². The van der Waals surface area contributed by atoms with Crippen LogP contribution in [0.15, 0.2) is 24.3 Å². The van der Waals surface area contributed by atoms with Crippen LogP contribution < -0.4 is 0 Å². The molecule has 1 fully saturated rings. The summed E-state index contributed by atoms with van der Waals surface area (Å²) in [5, 5.41) is 0.401. The Labute approximate surface area is 145 Å². The zero-order chi connectivity index (χ0) is 18.2. The van der Waals surface area contributed by atoms with E-state index in [1.165, 1.54) is 12.1 Å². The quantitative estimate of drug-likeness (QED) is 0.862. The Balaban J connectivity index is 1.65. The van der Waals surface area contributed by atoms with Crippen molar-refractivity contribution in [2.75, 3.05) is 26.2 Å². The fraction of sp³-hybridized carbons (Fsp3) is 0.444. The number of fused-ring (bicyclic) bond motifs is 1. The number of rotatable bonds is 1. The van der Waals surface area contributed by atoms with Crippen LogP contribution in [0.3, 0.4) is 0 Å². The smallest absolute Gasteiger partial charge is 0.410 e. The number of carbonyl (C=O) groups is 2. The Kier molecular flexibility index (Phi) is 4.41. The first kappa shape index (κ1) is 17.3. The molecule has 3 rings (SSSR count). The summed E-state index contributed by atoms with van der Waals surface area (Å²) < 4.78 is 19.1. The van der Waals surface area contributed by atoms with Gasteiger partial charge in [0.15, 0.2) is 0 Å². The van der Waals surface area contributed by atoms with Gasteiger partial charge in [-0.05, 0) is 39.0 Å². The van der Waals surface area contributed by atoms with E-state index in [-0.39, 0.29) is 17.8 Å². The monoisotopic (exact) mass is 347 g/mol. The van der Waals surface area contributed by atoms with Gasteiger partial charge in [-0.1, -0.05) is 6.07 Å². The second-order valence-corrected chi connectivity index (χ2v) is 7.14. The van der Waals surface area contributed by atoms with E-state index in [1.54, 1.807) is 21.9 Å². The minimum Gasteiger partial charge on any atom is -0.444 e. The molecule has 25 heavy (non-hydrogen) atoms. The predicted octanol–water partition coefficient (Wildman–Crippen LogP) is 3.00. The lowest BCUT2D eigenvalue weighted by Crippen LogP contribution is -2.51. The van der Waals surface area contributed by atoms with Crippen molar-refractivity contribution in [3.8, 4) is 0 Å². The second-order valence-electron chi connectivity index (χ2n) is 7.14. The van der Waals surface area contributed by atoms with Crippen LogP contribution in [0.5, 0.6) is 0 Å². The van der Waals surface area contributed by atoms with Crippen molar-refractivity contribution in [2.45, 2.75) is 26.4 Å². The fourth-order valence-corrected chi connectivity index (χ4v) is 2.82. The number of nitrogens with one attached hydrogen (secondary N) is 1. The molecule has 0 unspecified atom stereocenters. The average Bonchev–Trinajstić information content (AvgIpc) is 2.98. The molecule has 2 heterocycles. The molecule has 0 aliphatic carbocycles. The van der Waals surface area contributed by atoms with Crippen molar-refractivity contribution in [1.82, 2.24) is 14.8 Å². The van der Waals surface area contributed by atoms with Gasteiger partial charge in [0.05, 0.1) is 0 Å². The molecule has 2 amide bonds. The normalized spacial score (nSPS) is 15.5. The average molecular weight is 347 g/mol. The van der Waals surface area contributed by atoms with Gasteiger partial charge >= 0.3 is 6.09 Å². The van der Waals surface area contributed by atoms with Gasteiger partial charge in [-0.2, -0.15) is 0 Å². The van der Waals surface area contributed by atoms with E-state index in [2.05, 4.69) is 4.98 Å². The number of amides is 2. The summed E-state index contributed by atoms with van der Waals surface area (Å²) in [5.41, 5.74) is 0.403. The summed E-state index contributed by atoms with van der Waals surface area (Å²) in [7, 11) is 0. The molecule has 0 bridgehead atoms. The topological polar surface area (TPSA) is 65.6 Å². The van der Waals surface area contributed by atoms with Crippen molar-refractivity contribution < 1.29 is 18.7 Å². The Morgan fingerprint density at radius 3 is 2.36 bits per heavy atom. The lowest BCUT2D eigenvalue weighted by atomic mass is 10.2. The Morgan fingerprint density at radius 2 is 1.76 bits per heavy atom. The van der Waals surface area contributed by atoms with Crippen molar-refractivity contribution in [2.24, 2.45) is 0 Å². The van der Waals surface area contributed by atoms with Gasteiger partial charge in [-0.3, -0.25) is 4.79 Å². The predicted molar refractivity (Wildman–Crippen MR) is 92.0 cm³/mol. The van der Waals surface area contributed by atoms with E-state index in [0.29, 0.717) is 42.8 Å². The molecule has 1 saturated heterocycles. The molecule has 7 heteroatoms. The van der Waals surface area contributed by atoms with Crippen LogP contribution in [0.4, 0.5) is 9.18 Å². The highest BCUT2D eigenvalue weighted by Crippen LogP contribution is 2.20. The molecule has 1 aliphatic rings. The van der Waals surface area contributed by atoms with Gasteiger partial charge in [0.25, 0.3) is 5.91 Å². The van der Waals surface area contributed by atoms with Crippen molar-refractivity contribution in [1.29, 1.82) is 0 Å². The highest BCUT2D eigenvalue weighted by Gasteiger charge is 2.28. The van der Waals surface area contributed by atoms with E-state index >= 15 is 0 Å². The second kappa shape index (κ2) is 6.38. The Bertz CT molecular complexity index is 801. The maximum atomic E-state index is 13.8. The summed E-state index contributed by atoms with van der Waals surface area (Å²) in [6.45, 7) is 7.11. The lowest BCUT2D eigenvalue weighted by Gasteiger charge is -2.35. The molecule has 1 aliphatic heterocycles. The van der Waals surface area contributed by atoms with E-state index in [9.17, 15) is 14.0 Å². The van der Waals surface area contributed by atoms with Gasteiger partial charge in [0.1, 0.15) is 17.1 Å². The summed E-state index contributed by atoms with van der Waals surface area (Å²) in [6.07, 6.45) is -0.368. The van der Waals surface area contributed by atoms with Crippen molar-refractivity contribution >= 4 is 22.9 Å². The van der Waals surface area contributed by atoms with Crippen LogP contribution in [0, 0.1) is 5.82 Å². The molecule has 134 valence electrons. The summed E-state index contributed by atoms with van der Waals surface area (Å²) in [5.74, 6) is -0.554. The molecule has 1 aromatic heterocycles. The SMILES string of the molecule is CC(C)(C)OC(=O)N1CCN(C(=O)c2cc3c(F)cccc3[nH]2)CC1. The molecule has 6 nitrogen and oxygen atoms in total. The van der Waals surface area contributed by atoms with Crippen LogP contribution in [0.25, 0.3) is 10.9 Å². The van der Waals surface area contributed by atoms with E-state index < -0.39 is 5.60 Å². The van der Waals surface area contributed by atoms with Crippen LogP contribution in [-0.2, 0) is 4.74 Å². The summed E-state index contributed by atoms with van der Waals surface area (Å²) in [4.78, 5) is 30.9. The minimum atomic E-state index is -0.543. The molecule has 0 saturated carbocycles. The molecular formula is C18H22FN3O3. The number of aromatic amines is 1. The van der Waals surface area contributed by atoms with E-state index in [1.807, 2.05) is 20.8 Å². The van der Waals surface area contributed by atoms with Gasteiger partial charge < -0.3 is 19.5 Å². The Morgan fingerprint density at radius 1 is 1.12 bits per heavy atom. The van der Waals surface area contributed by atoms with Crippen LogP contribution >= 0.6 is 0 Å². The maximum absolute atomic E-state index is 13.8. The Hall–Kier alpha value is -2.57. The molecular weight excluding hydrogens is 325 g/mol. The fourth-order valence-electron chi connectivity index (χ4n) is 2.82. The highest BCUT2D eigenvalue weighted by atomic mass is 19.1. The van der Waals surface area contributed by atoms with Gasteiger partial charge in [-0.15, -0.1) is 0 Å². The number of halogens is 1. The third-order valence-electron chi connectivity index (χ3n) is 4.06. The molecule has 1 N–H and O–H groups in total. The number of carbonyl (C=O) groups excluding carboxylic acids is 2. The van der Waals surface area contributed by atoms with Crippen LogP contribution in [0.1, 0.15) is 31.3 Å². The number of hydrogen-bond donors (Lipinski definition) is 1. The zero-order valence-corrected chi connectivity index (χ0v) is 14.6. The van der Waals surface area contributed by atoms with Crippen molar-refractivity contribution in [3.63, 3.8) is 0 Å². The number of H-pyrrole nitrogens is 1. The standard InChI is InChI=1S/C18H22FN3O3/c1-18(2,3)25-17(24)22-9-7-21(8-10-22)16(23)15-11-12-13(19)5-4-6-14(12)20-15/h4-6,11,20H,7-10H2,1-3H3. The largest absolute Gasteiger partial charge is 0.444 e. The van der Waals surface area contributed by atoms with Gasteiger partial charge in [0, 0.05) is 37.1 Å². The first-order valence-electron chi connectivity index (χ1n) is 8.29. The van der Waals surface area contributed by atoms with Crippen LogP contribution in [-0.4, -0.2) is 58.6 Å². The number of aromatic nitrogens is 1. The number of ether oxygens (including phenoxy) is 1. The highest BCUT2D eigenvalue weighted by molar-refractivity contribution is 5.98. The van der Waals surface area contributed by atoms with E-state index in [0.717, 1.165) is 0 Å². The molecule has 2 aromatic rings. The van der Waals surface area contributed by atoms with Crippen LogP contribution in [0.2, 0.25) is 0 Å². The maximum Gasteiger partial charge on any atom is 0.410 e. The van der Waals surface area contributed by atoms with Gasteiger partial charge in [0.2, 0.25) is 0 Å². The third kappa shape index (κ3) is 3.75. The number of benzene rings is 1. The third-order valence-corrected chi connectivity index (χ3v) is 4.06. The summed E-state index contributed by atoms with van der Waals surface area (Å²) in [6, 6.07) is 6.23. The number of hydrogen-bond acceptors (Lipinski definition) is 3. The summed E-state index contributed by atoms with van der Waals surface area (Å²) >= 11 is 0.